The van der Waals surface area contributed by atoms with Crippen LogP contribution in [0.5, 0.6) is 0 Å². The van der Waals surface area contributed by atoms with E-state index in [0.29, 0.717) is 11.3 Å². The van der Waals surface area contributed by atoms with Gasteiger partial charge in [0.2, 0.25) is 0 Å². The third kappa shape index (κ3) is 3.57. The lowest BCUT2D eigenvalue weighted by molar-refractivity contribution is -0.156. The second-order valence-corrected chi connectivity index (χ2v) is 6.03. The van der Waals surface area contributed by atoms with Crippen LogP contribution in [0.25, 0.3) is 16.6 Å². The first-order chi connectivity index (χ1) is 10.9. The third-order valence-corrected chi connectivity index (χ3v) is 3.24. The Balaban J connectivity index is 2.34. The van der Waals surface area contributed by atoms with E-state index in [-0.39, 0.29) is 12.7 Å². The van der Waals surface area contributed by atoms with Crippen LogP contribution in [0.15, 0.2) is 37.4 Å². The molecule has 0 saturated heterocycles. The van der Waals surface area contributed by atoms with Gasteiger partial charge in [0, 0.05) is 23.4 Å². The van der Waals surface area contributed by atoms with Gasteiger partial charge in [-0.25, -0.2) is 9.97 Å². The molecule has 2 heterocycles. The van der Waals surface area contributed by atoms with Crippen molar-refractivity contribution in [3.63, 3.8) is 0 Å². The highest BCUT2D eigenvalue weighted by molar-refractivity contribution is 5.90. The van der Waals surface area contributed by atoms with E-state index in [1.165, 1.54) is 6.33 Å². The Morgan fingerprint density at radius 2 is 2.22 bits per heavy atom. The molecule has 0 bridgehead atoms. The molecule has 0 aromatic carbocycles. The quantitative estimate of drug-likeness (QED) is 0.379. The number of nitrogens with two attached hydrogens (primary N) is 1. The number of allylic oxidation sites excluding steroid dienone is 2. The van der Waals surface area contributed by atoms with Crippen LogP contribution < -0.4 is 11.3 Å². The summed E-state index contributed by atoms with van der Waals surface area (Å²) in [5, 5.41) is 0.820. The summed E-state index contributed by atoms with van der Waals surface area (Å²) in [6.07, 6.45) is 6.51. The third-order valence-electron chi connectivity index (χ3n) is 3.24. The fourth-order valence-corrected chi connectivity index (χ4v) is 2.00. The van der Waals surface area contributed by atoms with Crippen LogP contribution in [0.1, 0.15) is 26.5 Å². The molecular weight excluding hydrogens is 294 g/mol. The number of fused-ring (bicyclic) bond motifs is 1. The van der Waals surface area contributed by atoms with Crippen LogP contribution in [-0.4, -0.2) is 20.5 Å². The van der Waals surface area contributed by atoms with Crippen LogP contribution in [-0.2, 0) is 16.3 Å². The molecule has 0 atom stereocenters. The predicted octanol–water partition coefficient (Wildman–Crippen LogP) is 1.97. The minimum atomic E-state index is -0.547. The van der Waals surface area contributed by atoms with Gasteiger partial charge in [-0.3, -0.25) is 15.2 Å². The fraction of sp³-hybridized carbons (Fsp3) is 0.312. The molecule has 2 aromatic rings. The van der Waals surface area contributed by atoms with E-state index in [9.17, 15) is 4.79 Å². The second-order valence-electron chi connectivity index (χ2n) is 6.03. The van der Waals surface area contributed by atoms with Crippen molar-refractivity contribution in [3.8, 4) is 0 Å². The summed E-state index contributed by atoms with van der Waals surface area (Å²) in [5.74, 6) is 5.06. The number of hydrazine groups is 1. The van der Waals surface area contributed by atoms with Gasteiger partial charge < -0.3 is 10.2 Å². The van der Waals surface area contributed by atoms with E-state index in [2.05, 4.69) is 22.0 Å². The van der Waals surface area contributed by atoms with Crippen molar-refractivity contribution < 1.29 is 9.53 Å². The van der Waals surface area contributed by atoms with Gasteiger partial charge >= 0.3 is 5.97 Å². The average molecular weight is 315 g/mol. The Morgan fingerprint density at radius 1 is 1.48 bits per heavy atom. The Kier molecular flexibility index (Phi) is 4.80. The highest BCUT2D eigenvalue weighted by atomic mass is 16.5. The lowest BCUT2D eigenvalue weighted by Crippen LogP contribution is -2.23. The summed E-state index contributed by atoms with van der Waals surface area (Å²) in [7, 11) is 0. The smallest absolute Gasteiger partial charge is 0.312 e. The zero-order valence-corrected chi connectivity index (χ0v) is 13.5. The number of esters is 1. The number of rotatable bonds is 5. The molecule has 0 aliphatic carbocycles. The number of nitrogens with one attached hydrogen (secondary N) is 1. The number of hydrogen-bond donors (Lipinski definition) is 2. The first-order valence-corrected chi connectivity index (χ1v) is 7.14. The van der Waals surface area contributed by atoms with Crippen LogP contribution in [0.2, 0.25) is 0 Å². The minimum absolute atomic E-state index is 0.0956. The zero-order chi connectivity index (χ0) is 17.0. The van der Waals surface area contributed by atoms with E-state index in [4.69, 9.17) is 10.6 Å². The van der Waals surface area contributed by atoms with E-state index >= 15 is 0 Å². The molecule has 7 heteroatoms. The minimum Gasteiger partial charge on any atom is -0.443 e. The van der Waals surface area contributed by atoms with E-state index in [0.717, 1.165) is 11.0 Å². The predicted molar refractivity (Wildman–Crippen MR) is 88.6 cm³/mol. The molecule has 0 spiro atoms. The fourth-order valence-electron chi connectivity index (χ4n) is 2.00. The van der Waals surface area contributed by atoms with E-state index in [1.807, 2.05) is 26.8 Å². The molecule has 0 unspecified atom stereocenters. The first-order valence-electron chi connectivity index (χ1n) is 7.14. The molecule has 2 rings (SSSR count). The van der Waals surface area contributed by atoms with Gasteiger partial charge in [0.25, 0.3) is 0 Å². The summed E-state index contributed by atoms with van der Waals surface area (Å²) >= 11 is 0. The summed E-state index contributed by atoms with van der Waals surface area (Å²) in [6, 6.07) is 1.86. The Morgan fingerprint density at radius 3 is 2.83 bits per heavy atom. The standard InChI is InChI=1S/C16H21N5O2/c1-5-11(8-20-17)13-12-6-7-21(14(12)19-9-18-13)10-23-15(22)16(2,3)4/h5-9,20H,1,10,17H2,2-4H3/b11-8+. The second kappa shape index (κ2) is 6.62. The van der Waals surface area contributed by atoms with Crippen LogP contribution >= 0.6 is 0 Å². The van der Waals surface area contributed by atoms with Gasteiger partial charge in [-0.1, -0.05) is 12.7 Å². The number of carbonyl (C=O) groups excluding carboxylic acids is 1. The van der Waals surface area contributed by atoms with Gasteiger partial charge in [-0.2, -0.15) is 0 Å². The number of aromatic nitrogens is 3. The van der Waals surface area contributed by atoms with Crippen LogP contribution in [0.3, 0.4) is 0 Å². The Bertz CT molecular complexity index is 755. The molecule has 0 saturated carbocycles. The number of carbonyl (C=O) groups is 1. The lowest BCUT2D eigenvalue weighted by Gasteiger charge is -2.17. The largest absolute Gasteiger partial charge is 0.443 e. The monoisotopic (exact) mass is 315 g/mol. The van der Waals surface area contributed by atoms with Gasteiger partial charge in [0.05, 0.1) is 11.1 Å². The summed E-state index contributed by atoms with van der Waals surface area (Å²) in [4.78, 5) is 20.4. The maximum Gasteiger partial charge on any atom is 0.312 e. The van der Waals surface area contributed by atoms with Crippen molar-refractivity contribution in [2.45, 2.75) is 27.5 Å². The van der Waals surface area contributed by atoms with E-state index in [1.54, 1.807) is 23.0 Å². The van der Waals surface area contributed by atoms with Gasteiger partial charge in [-0.15, -0.1) is 0 Å². The van der Waals surface area contributed by atoms with Crippen molar-refractivity contribution in [2.24, 2.45) is 11.3 Å². The SMILES string of the molecule is C=C/C(=C\NN)c1ncnc2c1ccn2COC(=O)C(C)(C)C. The van der Waals surface area contributed by atoms with Crippen LogP contribution in [0.4, 0.5) is 0 Å². The first kappa shape index (κ1) is 16.7. The molecule has 7 nitrogen and oxygen atoms in total. The van der Waals surface area contributed by atoms with Gasteiger partial charge in [0.1, 0.15) is 12.0 Å². The summed E-state index contributed by atoms with van der Waals surface area (Å²) in [6.45, 7) is 9.28. The molecule has 0 aliphatic heterocycles. The van der Waals surface area contributed by atoms with Crippen LogP contribution in [0, 0.1) is 5.41 Å². The van der Waals surface area contributed by atoms with Crippen molar-refractivity contribution in [3.05, 3.63) is 43.1 Å². The summed E-state index contributed by atoms with van der Waals surface area (Å²) < 4.78 is 7.08. The maximum atomic E-state index is 11.9. The normalized spacial score (nSPS) is 12.3. The lowest BCUT2D eigenvalue weighted by atomic mass is 9.98. The molecule has 3 N–H and O–H groups in total. The summed E-state index contributed by atoms with van der Waals surface area (Å²) in [5.41, 5.74) is 4.03. The van der Waals surface area contributed by atoms with Gasteiger partial charge in [-0.05, 0) is 26.8 Å². The highest BCUT2D eigenvalue weighted by Gasteiger charge is 2.23. The maximum absolute atomic E-state index is 11.9. The molecule has 0 aliphatic rings. The molecule has 0 radical (unpaired) electrons. The molecule has 2 aromatic heterocycles. The molecule has 122 valence electrons. The average Bonchev–Trinajstić information content (AvgIpc) is 2.92. The van der Waals surface area contributed by atoms with Crippen molar-refractivity contribution in [2.75, 3.05) is 0 Å². The molecule has 0 fully saturated rings. The topological polar surface area (TPSA) is 95.1 Å². The Labute approximate surface area is 134 Å². The number of hydrogen-bond acceptors (Lipinski definition) is 6. The Hall–Kier alpha value is -2.67. The van der Waals surface area contributed by atoms with Gasteiger partial charge in [0.15, 0.2) is 6.73 Å². The number of ether oxygens (including phenoxy) is 1. The highest BCUT2D eigenvalue weighted by Crippen LogP contribution is 2.23. The molecular formula is C16H21N5O2. The molecule has 23 heavy (non-hydrogen) atoms. The van der Waals surface area contributed by atoms with Crippen molar-refractivity contribution >= 4 is 22.6 Å². The van der Waals surface area contributed by atoms with E-state index < -0.39 is 5.41 Å². The molecule has 0 amide bonds. The zero-order valence-electron chi connectivity index (χ0n) is 13.5. The number of nitrogens with zero attached hydrogens (tertiary/aromatic N) is 3. The van der Waals surface area contributed by atoms with Crippen molar-refractivity contribution in [1.29, 1.82) is 0 Å². The van der Waals surface area contributed by atoms with Crippen molar-refractivity contribution in [1.82, 2.24) is 20.0 Å².